The number of phenols is 2. The number of aromatic nitrogens is 2. The third kappa shape index (κ3) is 6.24. The summed E-state index contributed by atoms with van der Waals surface area (Å²) >= 11 is 0. The predicted octanol–water partition coefficient (Wildman–Crippen LogP) is 5.07. The number of hydrogen-bond acceptors (Lipinski definition) is 8. The van der Waals surface area contributed by atoms with Crippen molar-refractivity contribution in [3.63, 3.8) is 0 Å². The number of methoxy groups -OCH3 is 1. The van der Waals surface area contributed by atoms with Gasteiger partial charge < -0.3 is 35.4 Å². The van der Waals surface area contributed by atoms with Gasteiger partial charge in [-0.15, -0.1) is 0 Å². The fraction of sp³-hybridized carbons (Fsp3) is 0.333. The highest BCUT2D eigenvalue weighted by Crippen LogP contribution is 2.37. The maximum absolute atomic E-state index is 13.9. The first-order valence-corrected chi connectivity index (χ1v) is 14.6. The Morgan fingerprint density at radius 1 is 1.00 bits per heavy atom. The van der Waals surface area contributed by atoms with Gasteiger partial charge in [-0.3, -0.25) is 4.79 Å². The third-order valence-corrected chi connectivity index (χ3v) is 8.28. The van der Waals surface area contributed by atoms with Crippen LogP contribution in [0, 0.1) is 6.92 Å². The van der Waals surface area contributed by atoms with Gasteiger partial charge in [0, 0.05) is 43.0 Å². The lowest BCUT2D eigenvalue weighted by Gasteiger charge is -2.30. The molecule has 224 valence electrons. The van der Waals surface area contributed by atoms with E-state index < -0.39 is 0 Å². The van der Waals surface area contributed by atoms with Crippen LogP contribution < -0.4 is 15.4 Å². The molecule has 2 aliphatic rings. The van der Waals surface area contributed by atoms with E-state index in [1.54, 1.807) is 16.7 Å². The molecule has 1 saturated heterocycles. The number of fused-ring (bicyclic) bond motifs is 1. The molecule has 0 atom stereocenters. The summed E-state index contributed by atoms with van der Waals surface area (Å²) in [6, 6.07) is 19.0. The summed E-state index contributed by atoms with van der Waals surface area (Å²) in [4.78, 5) is 18.0. The number of nitrogens with one attached hydrogen (secondary N) is 2. The van der Waals surface area contributed by atoms with Crippen LogP contribution >= 0.6 is 0 Å². The maximum atomic E-state index is 13.9. The molecule has 10 heteroatoms. The van der Waals surface area contributed by atoms with Crippen LogP contribution in [0.25, 0.3) is 0 Å². The first-order chi connectivity index (χ1) is 20.7. The SMILES string of the molecule is COc1ccc(Cn2nc(C)cc2Nc2cc(O)cc(O)c2C(=O)N2Cc3ccc(NC4CCN(C)CC4)cc3C2)cc1. The molecule has 3 heterocycles. The van der Waals surface area contributed by atoms with Crippen molar-refractivity contribution >= 4 is 23.1 Å². The molecule has 4 N–H and O–H groups in total. The third-order valence-electron chi connectivity index (χ3n) is 8.28. The zero-order valence-corrected chi connectivity index (χ0v) is 24.8. The number of amides is 1. The number of rotatable bonds is 8. The quantitative estimate of drug-likeness (QED) is 0.228. The van der Waals surface area contributed by atoms with Crippen molar-refractivity contribution in [3.05, 3.63) is 88.6 Å². The minimum Gasteiger partial charge on any atom is -0.508 e. The Morgan fingerprint density at radius 2 is 1.74 bits per heavy atom. The number of carbonyl (C=O) groups excluding carboxylic acids is 1. The largest absolute Gasteiger partial charge is 0.508 e. The highest BCUT2D eigenvalue weighted by Gasteiger charge is 2.29. The topological polar surface area (TPSA) is 115 Å². The van der Waals surface area contributed by atoms with Crippen molar-refractivity contribution in [2.24, 2.45) is 0 Å². The number of anilines is 3. The summed E-state index contributed by atoms with van der Waals surface area (Å²) in [7, 11) is 3.78. The van der Waals surface area contributed by atoms with Crippen LogP contribution in [0.1, 0.15) is 45.6 Å². The lowest BCUT2D eigenvalue weighted by molar-refractivity contribution is 0.0749. The molecule has 1 fully saturated rings. The Kier molecular flexibility index (Phi) is 7.86. The van der Waals surface area contributed by atoms with E-state index in [9.17, 15) is 15.0 Å². The molecule has 4 aromatic rings. The zero-order chi connectivity index (χ0) is 30.1. The lowest BCUT2D eigenvalue weighted by atomic mass is 10.0. The number of aryl methyl sites for hydroxylation is 1. The Morgan fingerprint density at radius 3 is 2.49 bits per heavy atom. The van der Waals surface area contributed by atoms with Gasteiger partial charge in [0.15, 0.2) is 0 Å². The summed E-state index contributed by atoms with van der Waals surface area (Å²) in [5.41, 5.74) is 5.45. The molecule has 2 aliphatic heterocycles. The predicted molar refractivity (Wildman–Crippen MR) is 166 cm³/mol. The molecular formula is C33H38N6O4. The fourth-order valence-electron chi connectivity index (χ4n) is 5.92. The molecule has 0 bridgehead atoms. The zero-order valence-electron chi connectivity index (χ0n) is 24.8. The molecule has 0 saturated carbocycles. The fourth-order valence-corrected chi connectivity index (χ4v) is 5.92. The number of carbonyl (C=O) groups is 1. The number of nitrogens with zero attached hydrogens (tertiary/aromatic N) is 4. The summed E-state index contributed by atoms with van der Waals surface area (Å²) < 4.78 is 7.05. The molecule has 0 unspecified atom stereocenters. The van der Waals surface area contributed by atoms with Crippen LogP contribution in [0.4, 0.5) is 17.2 Å². The maximum Gasteiger partial charge on any atom is 0.260 e. The number of phenolic OH excluding ortho intramolecular Hbond substituents is 2. The first kappa shape index (κ1) is 28.4. The van der Waals surface area contributed by atoms with Gasteiger partial charge in [-0.25, -0.2) is 4.68 Å². The molecule has 1 aromatic heterocycles. The van der Waals surface area contributed by atoms with Crippen LogP contribution in [-0.2, 0) is 19.6 Å². The van der Waals surface area contributed by atoms with Crippen LogP contribution in [0.3, 0.4) is 0 Å². The van der Waals surface area contributed by atoms with Crippen molar-refractivity contribution < 1.29 is 19.7 Å². The Hall–Kier alpha value is -4.70. The van der Waals surface area contributed by atoms with Crippen LogP contribution in [-0.4, -0.2) is 69.0 Å². The highest BCUT2D eigenvalue weighted by molar-refractivity contribution is 6.03. The van der Waals surface area contributed by atoms with Gasteiger partial charge in [-0.05, 0) is 80.9 Å². The van der Waals surface area contributed by atoms with Gasteiger partial charge in [-0.1, -0.05) is 18.2 Å². The number of benzene rings is 3. The number of likely N-dealkylation sites (tertiary alicyclic amines) is 1. The van der Waals surface area contributed by atoms with E-state index in [0.29, 0.717) is 37.2 Å². The molecular weight excluding hydrogens is 544 g/mol. The van der Waals surface area contributed by atoms with E-state index in [1.165, 1.54) is 12.1 Å². The number of piperidine rings is 1. The smallest absolute Gasteiger partial charge is 0.260 e. The van der Waals surface area contributed by atoms with E-state index in [0.717, 1.165) is 59.8 Å². The van der Waals surface area contributed by atoms with E-state index in [2.05, 4.69) is 45.9 Å². The molecule has 43 heavy (non-hydrogen) atoms. The molecule has 1 amide bonds. The van der Waals surface area contributed by atoms with Gasteiger partial charge in [0.05, 0.1) is 25.0 Å². The van der Waals surface area contributed by atoms with Crippen molar-refractivity contribution in [1.29, 1.82) is 0 Å². The standard InChI is InChI=1S/C33H38N6O4/c1-21-14-31(39(36-21)18-22-4-8-28(43-3)9-5-22)35-29-16-27(40)17-30(41)32(29)33(42)38-19-23-6-7-26(15-24(23)20-38)34-25-10-12-37(2)13-11-25/h4-9,14-17,25,34-35,40-41H,10-13,18-20H2,1-3H3. The van der Waals surface area contributed by atoms with E-state index in [4.69, 9.17) is 4.74 Å². The van der Waals surface area contributed by atoms with Crippen LogP contribution in [0.2, 0.25) is 0 Å². The van der Waals surface area contributed by atoms with Crippen molar-refractivity contribution in [1.82, 2.24) is 19.6 Å². The minimum atomic E-state index is -0.320. The average molecular weight is 583 g/mol. The molecule has 6 rings (SSSR count). The monoisotopic (exact) mass is 582 g/mol. The number of aromatic hydroxyl groups is 2. The second kappa shape index (κ2) is 11.9. The second-order valence-corrected chi connectivity index (χ2v) is 11.6. The van der Waals surface area contributed by atoms with E-state index in [-0.39, 0.29) is 23.0 Å². The number of hydrogen-bond donors (Lipinski definition) is 4. The summed E-state index contributed by atoms with van der Waals surface area (Å²) in [6.45, 7) is 5.41. The molecule has 0 aliphatic carbocycles. The van der Waals surface area contributed by atoms with Gasteiger partial charge in [-0.2, -0.15) is 5.10 Å². The summed E-state index contributed by atoms with van der Waals surface area (Å²) in [5.74, 6) is 0.640. The molecule has 3 aromatic carbocycles. The highest BCUT2D eigenvalue weighted by atomic mass is 16.5. The molecule has 0 spiro atoms. The minimum absolute atomic E-state index is 0.102. The summed E-state index contributed by atoms with van der Waals surface area (Å²) in [6.07, 6.45) is 2.21. The van der Waals surface area contributed by atoms with Crippen molar-refractivity contribution in [2.45, 2.75) is 45.4 Å². The summed E-state index contributed by atoms with van der Waals surface area (Å²) in [5, 5.41) is 32.8. The molecule has 0 radical (unpaired) electrons. The van der Waals surface area contributed by atoms with Gasteiger partial charge >= 0.3 is 0 Å². The van der Waals surface area contributed by atoms with Crippen LogP contribution in [0.5, 0.6) is 17.2 Å². The Labute approximate surface area is 251 Å². The first-order valence-electron chi connectivity index (χ1n) is 14.6. The molecule has 10 nitrogen and oxygen atoms in total. The van der Waals surface area contributed by atoms with Gasteiger partial charge in [0.2, 0.25) is 0 Å². The Balaban J connectivity index is 1.21. The van der Waals surface area contributed by atoms with E-state index >= 15 is 0 Å². The van der Waals surface area contributed by atoms with Gasteiger partial charge in [0.1, 0.15) is 28.6 Å². The van der Waals surface area contributed by atoms with Gasteiger partial charge in [0.25, 0.3) is 5.91 Å². The van der Waals surface area contributed by atoms with Crippen molar-refractivity contribution in [2.75, 3.05) is 37.9 Å². The number of ether oxygens (including phenoxy) is 1. The second-order valence-electron chi connectivity index (χ2n) is 11.6. The lowest BCUT2D eigenvalue weighted by Crippen LogP contribution is -2.36. The Bertz CT molecular complexity index is 1630. The normalized spacial score (nSPS) is 15.4. The van der Waals surface area contributed by atoms with Crippen molar-refractivity contribution in [3.8, 4) is 17.2 Å². The average Bonchev–Trinajstić information content (AvgIpc) is 3.56. The van der Waals surface area contributed by atoms with Crippen LogP contribution in [0.15, 0.2) is 60.7 Å². The van der Waals surface area contributed by atoms with E-state index in [1.807, 2.05) is 37.3 Å².